The van der Waals surface area contributed by atoms with Crippen molar-refractivity contribution in [2.75, 3.05) is 0 Å². The van der Waals surface area contributed by atoms with Gasteiger partial charge < -0.3 is 0 Å². The van der Waals surface area contributed by atoms with Crippen LogP contribution in [0.4, 0.5) is 0 Å². The molecule has 2 aromatic rings. The molecule has 0 aliphatic heterocycles. The van der Waals surface area contributed by atoms with Gasteiger partial charge >= 0.3 is 0 Å². The first-order chi connectivity index (χ1) is 9.17. The molecular formula is C18H18O. The molecule has 0 fully saturated rings. The van der Waals surface area contributed by atoms with E-state index in [1.165, 1.54) is 16.7 Å². The molecule has 0 saturated carbocycles. The minimum absolute atomic E-state index is 0.680. The Labute approximate surface area is 114 Å². The number of carbonyl (C=O) groups is 1. The van der Waals surface area contributed by atoms with Gasteiger partial charge in [-0.25, -0.2) is 0 Å². The molecule has 96 valence electrons. The van der Waals surface area contributed by atoms with E-state index >= 15 is 0 Å². The van der Waals surface area contributed by atoms with E-state index in [9.17, 15) is 4.79 Å². The predicted molar refractivity (Wildman–Crippen MR) is 80.1 cm³/mol. The lowest BCUT2D eigenvalue weighted by atomic mass is 10.0. The molecule has 0 N–H and O–H groups in total. The minimum Gasteiger partial charge on any atom is -0.298 e. The number of rotatable bonds is 4. The van der Waals surface area contributed by atoms with E-state index in [4.69, 9.17) is 0 Å². The maximum absolute atomic E-state index is 11.2. The van der Waals surface area contributed by atoms with E-state index in [0.717, 1.165) is 17.4 Å². The van der Waals surface area contributed by atoms with Crippen LogP contribution in [0, 0.1) is 13.8 Å². The molecule has 0 aliphatic rings. The summed E-state index contributed by atoms with van der Waals surface area (Å²) in [5.74, 6) is 0. The molecule has 0 radical (unpaired) electrons. The second kappa shape index (κ2) is 6.14. The summed E-state index contributed by atoms with van der Waals surface area (Å²) in [5.41, 5.74) is 5.48. The molecule has 0 aromatic heterocycles. The number of hydrogen-bond acceptors (Lipinski definition) is 1. The maximum atomic E-state index is 11.2. The van der Waals surface area contributed by atoms with E-state index in [0.29, 0.717) is 6.42 Å². The monoisotopic (exact) mass is 250 g/mol. The molecule has 0 amide bonds. The van der Waals surface area contributed by atoms with Crippen LogP contribution in [-0.4, -0.2) is 6.29 Å². The Balaban J connectivity index is 2.23. The molecule has 19 heavy (non-hydrogen) atoms. The van der Waals surface area contributed by atoms with Gasteiger partial charge in [-0.1, -0.05) is 59.7 Å². The second-order valence-corrected chi connectivity index (χ2v) is 4.92. The lowest BCUT2D eigenvalue weighted by Crippen LogP contribution is -1.93. The summed E-state index contributed by atoms with van der Waals surface area (Å²) in [6, 6.07) is 16.4. The van der Waals surface area contributed by atoms with E-state index in [1.807, 2.05) is 24.3 Å². The molecule has 0 saturated heterocycles. The highest BCUT2D eigenvalue weighted by molar-refractivity contribution is 5.82. The molecule has 1 nitrogen and oxygen atoms in total. The van der Waals surface area contributed by atoms with Gasteiger partial charge in [0.05, 0.1) is 0 Å². The SMILES string of the molecule is Cc1cccc(/C=C(/C=O)Cc2cccc(C)c2)c1. The Morgan fingerprint density at radius 3 is 2.32 bits per heavy atom. The van der Waals surface area contributed by atoms with Crippen LogP contribution >= 0.6 is 0 Å². The van der Waals surface area contributed by atoms with Crippen LogP contribution < -0.4 is 0 Å². The first kappa shape index (κ1) is 13.3. The molecular weight excluding hydrogens is 232 g/mol. The van der Waals surface area contributed by atoms with Crippen molar-refractivity contribution >= 4 is 12.4 Å². The zero-order chi connectivity index (χ0) is 13.7. The molecule has 0 heterocycles. The number of aldehydes is 1. The van der Waals surface area contributed by atoms with Crippen LogP contribution in [0.25, 0.3) is 6.08 Å². The third-order valence-corrected chi connectivity index (χ3v) is 3.04. The Hall–Kier alpha value is -2.15. The van der Waals surface area contributed by atoms with Crippen molar-refractivity contribution in [2.45, 2.75) is 20.3 Å². The van der Waals surface area contributed by atoms with Gasteiger partial charge in [0, 0.05) is 6.42 Å². The van der Waals surface area contributed by atoms with Crippen molar-refractivity contribution in [3.05, 3.63) is 76.4 Å². The Morgan fingerprint density at radius 2 is 1.68 bits per heavy atom. The third kappa shape index (κ3) is 3.92. The number of benzene rings is 2. The highest BCUT2D eigenvalue weighted by Gasteiger charge is 2.00. The molecule has 0 aliphatic carbocycles. The smallest absolute Gasteiger partial charge is 0.146 e. The van der Waals surface area contributed by atoms with Crippen LogP contribution in [0.3, 0.4) is 0 Å². The van der Waals surface area contributed by atoms with Crippen molar-refractivity contribution < 1.29 is 4.79 Å². The van der Waals surface area contributed by atoms with Gasteiger partial charge in [-0.3, -0.25) is 4.79 Å². The van der Waals surface area contributed by atoms with Gasteiger partial charge in [0.1, 0.15) is 6.29 Å². The summed E-state index contributed by atoms with van der Waals surface area (Å²) in [7, 11) is 0. The summed E-state index contributed by atoms with van der Waals surface area (Å²) in [6.07, 6.45) is 3.59. The fourth-order valence-corrected chi connectivity index (χ4v) is 2.16. The van der Waals surface area contributed by atoms with Crippen LogP contribution in [0.1, 0.15) is 22.3 Å². The van der Waals surface area contributed by atoms with Crippen LogP contribution in [0.15, 0.2) is 54.1 Å². The van der Waals surface area contributed by atoms with Gasteiger partial charge in [-0.05, 0) is 36.6 Å². The van der Waals surface area contributed by atoms with Crippen LogP contribution in [0.5, 0.6) is 0 Å². The average molecular weight is 250 g/mol. The first-order valence-corrected chi connectivity index (χ1v) is 6.45. The molecule has 2 aromatic carbocycles. The quantitative estimate of drug-likeness (QED) is 0.589. The van der Waals surface area contributed by atoms with Crippen molar-refractivity contribution in [3.63, 3.8) is 0 Å². The Bertz CT molecular complexity index is 609. The van der Waals surface area contributed by atoms with Crippen molar-refractivity contribution in [2.24, 2.45) is 0 Å². The molecule has 0 unspecified atom stereocenters. The molecule has 0 spiro atoms. The zero-order valence-corrected chi connectivity index (χ0v) is 11.4. The van der Waals surface area contributed by atoms with E-state index in [2.05, 4.69) is 44.2 Å². The summed E-state index contributed by atoms with van der Waals surface area (Å²) < 4.78 is 0. The highest BCUT2D eigenvalue weighted by atomic mass is 16.1. The van der Waals surface area contributed by atoms with E-state index < -0.39 is 0 Å². The lowest BCUT2D eigenvalue weighted by Gasteiger charge is -2.03. The number of hydrogen-bond donors (Lipinski definition) is 0. The molecule has 2 rings (SSSR count). The fourth-order valence-electron chi connectivity index (χ4n) is 2.16. The summed E-state index contributed by atoms with van der Waals surface area (Å²) in [4.78, 5) is 11.2. The summed E-state index contributed by atoms with van der Waals surface area (Å²) >= 11 is 0. The topological polar surface area (TPSA) is 17.1 Å². The largest absolute Gasteiger partial charge is 0.298 e. The second-order valence-electron chi connectivity index (χ2n) is 4.92. The normalized spacial score (nSPS) is 11.4. The molecule has 1 heteroatoms. The van der Waals surface area contributed by atoms with Gasteiger partial charge in [0.15, 0.2) is 0 Å². The van der Waals surface area contributed by atoms with Crippen LogP contribution in [-0.2, 0) is 11.2 Å². The predicted octanol–water partition coefficient (Wildman–Crippen LogP) is 4.13. The van der Waals surface area contributed by atoms with Crippen LogP contribution in [0.2, 0.25) is 0 Å². The molecule has 0 atom stereocenters. The maximum Gasteiger partial charge on any atom is 0.146 e. The van der Waals surface area contributed by atoms with Gasteiger partial charge in [0.25, 0.3) is 0 Å². The lowest BCUT2D eigenvalue weighted by molar-refractivity contribution is -0.104. The number of aryl methyl sites for hydroxylation is 2. The number of carbonyl (C=O) groups excluding carboxylic acids is 1. The first-order valence-electron chi connectivity index (χ1n) is 6.45. The summed E-state index contributed by atoms with van der Waals surface area (Å²) in [5, 5.41) is 0. The average Bonchev–Trinajstić information content (AvgIpc) is 2.38. The minimum atomic E-state index is 0.680. The highest BCUT2D eigenvalue weighted by Crippen LogP contribution is 2.13. The van der Waals surface area contributed by atoms with Gasteiger partial charge in [-0.2, -0.15) is 0 Å². The van der Waals surface area contributed by atoms with Gasteiger partial charge in [0.2, 0.25) is 0 Å². The van der Waals surface area contributed by atoms with E-state index in [-0.39, 0.29) is 0 Å². The van der Waals surface area contributed by atoms with Crippen molar-refractivity contribution in [3.8, 4) is 0 Å². The fraction of sp³-hybridized carbons (Fsp3) is 0.167. The zero-order valence-electron chi connectivity index (χ0n) is 11.4. The molecule has 0 bridgehead atoms. The standard InChI is InChI=1S/C18H18O/c1-14-5-3-7-16(9-14)11-18(13-19)12-17-8-4-6-15(2)10-17/h3-11,13H,12H2,1-2H3/b18-11+. The summed E-state index contributed by atoms with van der Waals surface area (Å²) in [6.45, 7) is 4.12. The Morgan fingerprint density at radius 1 is 1.00 bits per heavy atom. The Kier molecular flexibility index (Phi) is 4.30. The van der Waals surface area contributed by atoms with Crippen molar-refractivity contribution in [1.82, 2.24) is 0 Å². The van der Waals surface area contributed by atoms with Gasteiger partial charge in [-0.15, -0.1) is 0 Å². The third-order valence-electron chi connectivity index (χ3n) is 3.04. The van der Waals surface area contributed by atoms with Crippen molar-refractivity contribution in [1.29, 1.82) is 0 Å². The van der Waals surface area contributed by atoms with E-state index in [1.54, 1.807) is 0 Å². The number of allylic oxidation sites excluding steroid dienone is 1.